The summed E-state index contributed by atoms with van der Waals surface area (Å²) >= 11 is 0. The van der Waals surface area contributed by atoms with Gasteiger partial charge in [0.2, 0.25) is 0 Å². The molecule has 8 nitrogen and oxygen atoms in total. The van der Waals surface area contributed by atoms with Crippen LogP contribution in [0.3, 0.4) is 0 Å². The highest BCUT2D eigenvalue weighted by molar-refractivity contribution is 5.93. The van der Waals surface area contributed by atoms with Crippen LogP contribution >= 0.6 is 0 Å². The van der Waals surface area contributed by atoms with Crippen LogP contribution < -0.4 is 5.56 Å². The summed E-state index contributed by atoms with van der Waals surface area (Å²) in [7, 11) is 1.28. The Morgan fingerprint density at radius 3 is 2.34 bits per heavy atom. The van der Waals surface area contributed by atoms with Crippen LogP contribution in [0.25, 0.3) is 17.8 Å². The Labute approximate surface area is 183 Å². The molecule has 3 rings (SSSR count). The smallest absolute Gasteiger partial charge is 0.357 e. The average molecular weight is 429 g/mol. The SMILES string of the molecule is COC(=O)c1ccc(/C=C\c2c(C(=O)O)nn(-c3ccc(C)c(C)c3)c(=O)c2C#N)cc1. The number of carboxylic acid groups (broad SMARTS) is 1. The Morgan fingerprint density at radius 2 is 1.78 bits per heavy atom. The molecular weight excluding hydrogens is 410 g/mol. The lowest BCUT2D eigenvalue weighted by atomic mass is 10.0. The predicted octanol–water partition coefficient (Wildman–Crippen LogP) is 3.38. The quantitative estimate of drug-likeness (QED) is 0.617. The largest absolute Gasteiger partial charge is 0.476 e. The average Bonchev–Trinajstić information content (AvgIpc) is 2.79. The number of carboxylic acids is 1. The molecule has 0 atom stereocenters. The molecule has 160 valence electrons. The summed E-state index contributed by atoms with van der Waals surface area (Å²) in [6.07, 6.45) is 2.89. The summed E-state index contributed by atoms with van der Waals surface area (Å²) in [5.74, 6) is -1.86. The molecule has 0 aliphatic rings. The topological polar surface area (TPSA) is 122 Å². The molecule has 0 saturated carbocycles. The molecule has 1 N–H and O–H groups in total. The number of aryl methyl sites for hydroxylation is 2. The molecule has 0 fully saturated rings. The van der Waals surface area contributed by atoms with Gasteiger partial charge in [-0.15, -0.1) is 0 Å². The number of aromatic carboxylic acids is 1. The fourth-order valence-electron chi connectivity index (χ4n) is 3.03. The number of hydrogen-bond donors (Lipinski definition) is 1. The number of carbonyl (C=O) groups excluding carboxylic acids is 1. The minimum Gasteiger partial charge on any atom is -0.476 e. The van der Waals surface area contributed by atoms with Crippen molar-refractivity contribution in [2.75, 3.05) is 7.11 Å². The first-order valence-corrected chi connectivity index (χ1v) is 9.51. The van der Waals surface area contributed by atoms with E-state index in [0.717, 1.165) is 15.8 Å². The summed E-state index contributed by atoms with van der Waals surface area (Å²) in [5, 5.41) is 23.3. The minimum absolute atomic E-state index is 0.0953. The summed E-state index contributed by atoms with van der Waals surface area (Å²) in [6, 6.07) is 13.3. The molecule has 8 heteroatoms. The van der Waals surface area contributed by atoms with Crippen LogP contribution in [-0.2, 0) is 4.74 Å². The molecule has 0 aliphatic heterocycles. The van der Waals surface area contributed by atoms with E-state index in [1.165, 1.54) is 19.3 Å². The number of benzene rings is 2. The zero-order chi connectivity index (χ0) is 23.4. The van der Waals surface area contributed by atoms with Crippen molar-refractivity contribution in [1.82, 2.24) is 9.78 Å². The number of aromatic nitrogens is 2. The van der Waals surface area contributed by atoms with Crippen molar-refractivity contribution in [1.29, 1.82) is 5.26 Å². The summed E-state index contributed by atoms with van der Waals surface area (Å²) in [6.45, 7) is 3.76. The standard InChI is InChI=1S/C24H19N3O5/c1-14-4-10-18(12-15(14)2)27-22(28)20(13-25)19(21(26-27)23(29)30)11-7-16-5-8-17(9-6-16)24(31)32-3/h4-12H,1-3H3,(H,29,30)/b11-7-. The van der Waals surface area contributed by atoms with E-state index in [1.807, 2.05) is 19.9 Å². The Hall–Kier alpha value is -4.51. The predicted molar refractivity (Wildman–Crippen MR) is 118 cm³/mol. The molecule has 3 aromatic rings. The van der Waals surface area contributed by atoms with Crippen molar-refractivity contribution in [2.45, 2.75) is 13.8 Å². The Balaban J connectivity index is 2.13. The molecular formula is C24H19N3O5. The normalized spacial score (nSPS) is 10.7. The van der Waals surface area contributed by atoms with E-state index in [9.17, 15) is 24.8 Å². The number of carbonyl (C=O) groups is 2. The van der Waals surface area contributed by atoms with E-state index in [2.05, 4.69) is 9.84 Å². The molecule has 1 heterocycles. The van der Waals surface area contributed by atoms with Gasteiger partial charge in [-0.2, -0.15) is 15.0 Å². The van der Waals surface area contributed by atoms with Gasteiger partial charge in [0.25, 0.3) is 5.56 Å². The molecule has 0 unspecified atom stereocenters. The molecule has 0 aliphatic carbocycles. The zero-order valence-electron chi connectivity index (χ0n) is 17.6. The number of hydrogen-bond acceptors (Lipinski definition) is 6. The fourth-order valence-corrected chi connectivity index (χ4v) is 3.03. The first-order valence-electron chi connectivity index (χ1n) is 9.51. The number of esters is 1. The lowest BCUT2D eigenvalue weighted by molar-refractivity contribution is 0.0599. The first kappa shape index (κ1) is 22.2. The van der Waals surface area contributed by atoms with Crippen LogP contribution in [0, 0.1) is 25.2 Å². The Bertz CT molecular complexity index is 1350. The van der Waals surface area contributed by atoms with Crippen LogP contribution in [-0.4, -0.2) is 33.9 Å². The summed E-state index contributed by atoms with van der Waals surface area (Å²) in [5.41, 5.74) is 1.65. The van der Waals surface area contributed by atoms with Crippen LogP contribution in [0.15, 0.2) is 47.3 Å². The summed E-state index contributed by atoms with van der Waals surface area (Å²) in [4.78, 5) is 36.4. The first-order chi connectivity index (χ1) is 15.3. The molecule has 32 heavy (non-hydrogen) atoms. The maximum Gasteiger partial charge on any atom is 0.357 e. The second kappa shape index (κ2) is 9.10. The van der Waals surface area contributed by atoms with Gasteiger partial charge in [0, 0.05) is 5.56 Å². The fraction of sp³-hybridized carbons (Fsp3) is 0.125. The molecule has 0 amide bonds. The van der Waals surface area contributed by atoms with Gasteiger partial charge in [-0.1, -0.05) is 30.4 Å². The van der Waals surface area contributed by atoms with Gasteiger partial charge in [-0.25, -0.2) is 9.59 Å². The van der Waals surface area contributed by atoms with Crippen LogP contribution in [0.4, 0.5) is 0 Å². The maximum absolute atomic E-state index is 13.0. The van der Waals surface area contributed by atoms with Gasteiger partial charge in [-0.05, 0) is 54.8 Å². The van der Waals surface area contributed by atoms with Crippen LogP contribution in [0.1, 0.15) is 48.7 Å². The third-order valence-corrected chi connectivity index (χ3v) is 4.95. The van der Waals surface area contributed by atoms with Crippen LogP contribution in [0.5, 0.6) is 0 Å². The van der Waals surface area contributed by atoms with Gasteiger partial charge in [0.1, 0.15) is 11.6 Å². The van der Waals surface area contributed by atoms with Gasteiger partial charge < -0.3 is 9.84 Å². The number of methoxy groups -OCH3 is 1. The second-order valence-corrected chi connectivity index (χ2v) is 6.99. The molecule has 0 radical (unpaired) electrons. The second-order valence-electron chi connectivity index (χ2n) is 6.99. The molecule has 0 saturated heterocycles. The van der Waals surface area contributed by atoms with E-state index in [-0.39, 0.29) is 11.1 Å². The van der Waals surface area contributed by atoms with E-state index >= 15 is 0 Å². The van der Waals surface area contributed by atoms with E-state index in [4.69, 9.17) is 0 Å². The molecule has 0 spiro atoms. The van der Waals surface area contributed by atoms with Crippen molar-refractivity contribution in [3.8, 4) is 11.8 Å². The molecule has 1 aromatic heterocycles. The lowest BCUT2D eigenvalue weighted by Crippen LogP contribution is -2.28. The van der Waals surface area contributed by atoms with Crippen molar-refractivity contribution >= 4 is 24.1 Å². The summed E-state index contributed by atoms with van der Waals surface area (Å²) < 4.78 is 5.58. The van der Waals surface area contributed by atoms with E-state index in [0.29, 0.717) is 16.8 Å². The van der Waals surface area contributed by atoms with Crippen molar-refractivity contribution < 1.29 is 19.4 Å². The molecule has 2 aromatic carbocycles. The van der Waals surface area contributed by atoms with E-state index in [1.54, 1.807) is 42.5 Å². The lowest BCUT2D eigenvalue weighted by Gasteiger charge is -2.11. The number of rotatable bonds is 5. The van der Waals surface area contributed by atoms with Gasteiger partial charge in [0.15, 0.2) is 5.69 Å². The Kier molecular flexibility index (Phi) is 6.31. The highest BCUT2D eigenvalue weighted by Gasteiger charge is 2.21. The van der Waals surface area contributed by atoms with Gasteiger partial charge >= 0.3 is 11.9 Å². The van der Waals surface area contributed by atoms with Crippen molar-refractivity contribution in [2.24, 2.45) is 0 Å². The highest BCUT2D eigenvalue weighted by Crippen LogP contribution is 2.18. The third kappa shape index (κ3) is 4.32. The third-order valence-electron chi connectivity index (χ3n) is 4.95. The maximum atomic E-state index is 13.0. The monoisotopic (exact) mass is 429 g/mol. The zero-order valence-corrected chi connectivity index (χ0v) is 17.6. The van der Waals surface area contributed by atoms with Crippen molar-refractivity contribution in [3.05, 3.63) is 91.9 Å². The molecule has 0 bridgehead atoms. The number of nitrogens with zero attached hydrogens (tertiary/aromatic N) is 3. The number of nitriles is 1. The number of ether oxygens (including phenoxy) is 1. The van der Waals surface area contributed by atoms with Crippen molar-refractivity contribution in [3.63, 3.8) is 0 Å². The Morgan fingerprint density at radius 1 is 1.09 bits per heavy atom. The van der Waals surface area contributed by atoms with Crippen LogP contribution in [0.2, 0.25) is 0 Å². The minimum atomic E-state index is -1.38. The highest BCUT2D eigenvalue weighted by atomic mass is 16.5. The van der Waals surface area contributed by atoms with Gasteiger partial charge in [0.05, 0.1) is 18.4 Å². The van der Waals surface area contributed by atoms with Gasteiger partial charge in [-0.3, -0.25) is 4.79 Å². The van der Waals surface area contributed by atoms with E-state index < -0.39 is 23.2 Å².